The molecule has 0 bridgehead atoms. The van der Waals surface area contributed by atoms with Gasteiger partial charge in [-0.15, -0.1) is 0 Å². The third-order valence-corrected chi connectivity index (χ3v) is 5.35. The summed E-state index contributed by atoms with van der Waals surface area (Å²) >= 11 is 0. The van der Waals surface area contributed by atoms with Crippen molar-refractivity contribution in [3.05, 3.63) is 53.3 Å². The van der Waals surface area contributed by atoms with Gasteiger partial charge in [0.2, 0.25) is 5.88 Å². The summed E-state index contributed by atoms with van der Waals surface area (Å²) in [5.41, 5.74) is -1.65. The number of carbonyl (C=O) groups excluding carboxylic acids is 1. The van der Waals surface area contributed by atoms with Crippen molar-refractivity contribution in [2.45, 2.75) is 6.18 Å². The second-order valence-electron chi connectivity index (χ2n) is 7.47. The van der Waals surface area contributed by atoms with Crippen LogP contribution in [0.2, 0.25) is 0 Å². The van der Waals surface area contributed by atoms with Gasteiger partial charge in [-0.1, -0.05) is 6.07 Å². The Kier molecular flexibility index (Phi) is 5.75. The van der Waals surface area contributed by atoms with Gasteiger partial charge in [0, 0.05) is 31.6 Å². The average molecular weight is 466 g/mol. The molecule has 0 radical (unpaired) electrons. The zero-order chi connectivity index (χ0) is 23.9. The van der Waals surface area contributed by atoms with Gasteiger partial charge in [-0.05, 0) is 35.4 Å². The van der Waals surface area contributed by atoms with Crippen molar-refractivity contribution in [1.29, 1.82) is 0 Å². The minimum atomic E-state index is -4.81. The maximum absolute atomic E-state index is 14.4. The first-order valence-electron chi connectivity index (χ1n) is 9.84. The first kappa shape index (κ1) is 22.6. The van der Waals surface area contributed by atoms with Crippen molar-refractivity contribution in [3.8, 4) is 11.1 Å². The zero-order valence-corrected chi connectivity index (χ0v) is 17.3. The first-order chi connectivity index (χ1) is 15.6. The lowest BCUT2D eigenvalue weighted by Crippen LogP contribution is -2.41. The third-order valence-electron chi connectivity index (χ3n) is 5.35. The number of rotatable bonds is 3. The van der Waals surface area contributed by atoms with Crippen molar-refractivity contribution >= 4 is 28.9 Å². The Balaban J connectivity index is 1.82. The molecular weight excluding hydrogens is 448 g/mol. The molecule has 1 N–H and O–H groups in total. The molecule has 2 aromatic carbocycles. The summed E-state index contributed by atoms with van der Waals surface area (Å²) < 4.78 is 66.1. The lowest BCUT2D eigenvalue weighted by Gasteiger charge is -2.27. The van der Waals surface area contributed by atoms with Crippen LogP contribution in [0.15, 0.2) is 40.8 Å². The number of fused-ring (bicyclic) bond motifs is 1. The highest BCUT2D eigenvalue weighted by molar-refractivity contribution is 5.97. The number of benzene rings is 2. The van der Waals surface area contributed by atoms with E-state index in [2.05, 4.69) is 0 Å². The number of morpholine rings is 1. The Labute approximate surface area is 184 Å². The lowest BCUT2D eigenvalue weighted by molar-refractivity contribution is -0.136. The minimum Gasteiger partial charge on any atom is -0.465 e. The van der Waals surface area contributed by atoms with E-state index in [1.807, 2.05) is 0 Å². The van der Waals surface area contributed by atoms with Gasteiger partial charge in [0.05, 0.1) is 24.3 Å². The molecule has 3 aromatic rings. The Morgan fingerprint density at radius 3 is 2.39 bits per heavy atom. The molecule has 1 aromatic heterocycles. The molecule has 0 unspecified atom stereocenters. The molecule has 174 valence electrons. The highest BCUT2D eigenvalue weighted by Crippen LogP contribution is 2.41. The topological polar surface area (TPSA) is 83.2 Å². The van der Waals surface area contributed by atoms with Crippen molar-refractivity contribution in [2.24, 2.45) is 0 Å². The Hall–Kier alpha value is -3.60. The first-order valence-corrected chi connectivity index (χ1v) is 9.84. The molecule has 1 fully saturated rings. The molecule has 0 spiro atoms. The maximum atomic E-state index is 14.4. The minimum absolute atomic E-state index is 0.00769. The number of carbonyl (C=O) groups is 2. The number of ether oxygens (including phenoxy) is 1. The molecule has 11 heteroatoms. The molecule has 1 aliphatic rings. The van der Waals surface area contributed by atoms with E-state index >= 15 is 0 Å². The van der Waals surface area contributed by atoms with Gasteiger partial charge in [-0.2, -0.15) is 13.2 Å². The third kappa shape index (κ3) is 4.36. The fourth-order valence-electron chi connectivity index (χ4n) is 3.58. The van der Waals surface area contributed by atoms with Crippen LogP contribution in [0.4, 0.5) is 28.2 Å². The van der Waals surface area contributed by atoms with Crippen LogP contribution in [0.1, 0.15) is 15.9 Å². The second kappa shape index (κ2) is 8.39. The Morgan fingerprint density at radius 2 is 1.76 bits per heavy atom. The fraction of sp³-hybridized carbons (Fsp3) is 0.273. The summed E-state index contributed by atoms with van der Waals surface area (Å²) in [5, 5.41) is 9.11. The predicted molar refractivity (Wildman–Crippen MR) is 110 cm³/mol. The van der Waals surface area contributed by atoms with Gasteiger partial charge in [0.25, 0.3) is 5.91 Å². The van der Waals surface area contributed by atoms with Crippen molar-refractivity contribution in [3.63, 3.8) is 0 Å². The Morgan fingerprint density at radius 1 is 1.06 bits per heavy atom. The van der Waals surface area contributed by atoms with E-state index in [1.165, 1.54) is 29.2 Å². The van der Waals surface area contributed by atoms with E-state index in [0.29, 0.717) is 18.1 Å². The van der Waals surface area contributed by atoms with E-state index in [0.717, 1.165) is 19.2 Å². The van der Waals surface area contributed by atoms with E-state index in [1.54, 1.807) is 0 Å². The smallest absolute Gasteiger partial charge is 0.420 e. The quantitative estimate of drug-likeness (QED) is 0.559. The van der Waals surface area contributed by atoms with Crippen molar-refractivity contribution in [1.82, 2.24) is 4.90 Å². The fourth-order valence-corrected chi connectivity index (χ4v) is 3.58. The molecular formula is C22H18F4N2O5. The molecule has 0 atom stereocenters. The van der Waals surface area contributed by atoms with Crippen LogP contribution in [-0.2, 0) is 10.9 Å². The molecule has 2 heterocycles. The van der Waals surface area contributed by atoms with E-state index in [4.69, 9.17) is 14.3 Å². The van der Waals surface area contributed by atoms with Crippen LogP contribution in [0.5, 0.6) is 0 Å². The number of carboxylic acid groups (broad SMARTS) is 1. The van der Waals surface area contributed by atoms with Gasteiger partial charge < -0.3 is 19.2 Å². The SMILES string of the molecule is CN(C(=O)O)c1cc2cc(-c3ccc(F)c(C(=O)N4CCOCC4)c3)cc(C(F)(F)F)c2o1. The summed E-state index contributed by atoms with van der Waals surface area (Å²) in [5.74, 6) is -1.66. The van der Waals surface area contributed by atoms with Crippen LogP contribution < -0.4 is 4.90 Å². The molecule has 33 heavy (non-hydrogen) atoms. The standard InChI is InChI=1S/C22H18F4N2O5/c1-27(21(30)31)18-11-14-8-13(10-16(19(14)33-18)22(24,25)26)12-2-3-17(23)15(9-12)20(29)28-4-6-32-7-5-28/h2-3,8-11H,4-7H2,1H3,(H,30,31). The molecule has 7 nitrogen and oxygen atoms in total. The number of hydrogen-bond donors (Lipinski definition) is 1. The van der Waals surface area contributed by atoms with Gasteiger partial charge in [-0.3, -0.25) is 9.69 Å². The van der Waals surface area contributed by atoms with Crippen molar-refractivity contribution < 1.29 is 41.4 Å². The maximum Gasteiger partial charge on any atom is 0.420 e. The van der Waals surface area contributed by atoms with Crippen LogP contribution >= 0.6 is 0 Å². The zero-order valence-electron chi connectivity index (χ0n) is 17.3. The number of anilines is 1. The summed E-state index contributed by atoms with van der Waals surface area (Å²) in [6.07, 6.45) is -6.22. The average Bonchev–Trinajstić information content (AvgIpc) is 3.21. The van der Waals surface area contributed by atoms with Gasteiger partial charge in [0.1, 0.15) is 11.4 Å². The van der Waals surface area contributed by atoms with E-state index in [-0.39, 0.29) is 41.1 Å². The summed E-state index contributed by atoms with van der Waals surface area (Å²) in [6, 6.07) is 6.87. The molecule has 2 amide bonds. The van der Waals surface area contributed by atoms with E-state index in [9.17, 15) is 27.2 Å². The number of halogens is 4. The molecule has 1 saturated heterocycles. The number of nitrogens with zero attached hydrogens (tertiary/aromatic N) is 2. The van der Waals surface area contributed by atoms with Crippen molar-refractivity contribution in [2.75, 3.05) is 38.3 Å². The molecule has 4 rings (SSSR count). The normalized spacial score (nSPS) is 14.5. The number of hydrogen-bond acceptors (Lipinski definition) is 4. The molecule has 1 aliphatic heterocycles. The van der Waals surface area contributed by atoms with Crippen LogP contribution in [-0.4, -0.2) is 55.4 Å². The van der Waals surface area contributed by atoms with Gasteiger partial charge >= 0.3 is 12.3 Å². The van der Waals surface area contributed by atoms with Gasteiger partial charge in [-0.25, -0.2) is 9.18 Å². The highest BCUT2D eigenvalue weighted by atomic mass is 19.4. The number of amides is 2. The predicted octanol–water partition coefficient (Wildman–Crippen LogP) is 4.84. The largest absolute Gasteiger partial charge is 0.465 e. The van der Waals surface area contributed by atoms with Crippen LogP contribution in [0.3, 0.4) is 0 Å². The van der Waals surface area contributed by atoms with Crippen LogP contribution in [0, 0.1) is 5.82 Å². The monoisotopic (exact) mass is 466 g/mol. The highest BCUT2D eigenvalue weighted by Gasteiger charge is 2.35. The summed E-state index contributed by atoms with van der Waals surface area (Å²) in [6.45, 7) is 1.18. The molecule has 0 saturated carbocycles. The number of furan rings is 1. The second-order valence-corrected chi connectivity index (χ2v) is 7.47. The molecule has 0 aliphatic carbocycles. The van der Waals surface area contributed by atoms with E-state index < -0.39 is 35.1 Å². The summed E-state index contributed by atoms with van der Waals surface area (Å²) in [7, 11) is 1.14. The summed E-state index contributed by atoms with van der Waals surface area (Å²) in [4.78, 5) is 26.0. The van der Waals surface area contributed by atoms with Crippen LogP contribution in [0.25, 0.3) is 22.1 Å². The van der Waals surface area contributed by atoms with Gasteiger partial charge in [0.15, 0.2) is 0 Å². The number of alkyl halides is 3. The lowest BCUT2D eigenvalue weighted by atomic mass is 9.98. The Bertz CT molecular complexity index is 1230.